The zero-order chi connectivity index (χ0) is 14.8. The SMILES string of the molecule is CC(=O)CCCOc1ccc2nc3[nH]c(=O)[nH]c3cc2c1. The summed E-state index contributed by atoms with van der Waals surface area (Å²) in [6.45, 7) is 2.08. The van der Waals surface area contributed by atoms with E-state index in [0.29, 0.717) is 30.6 Å². The molecule has 3 rings (SSSR count). The number of H-pyrrole nitrogens is 2. The summed E-state index contributed by atoms with van der Waals surface area (Å²) < 4.78 is 5.62. The number of nitrogens with zero attached hydrogens (tertiary/aromatic N) is 1. The lowest BCUT2D eigenvalue weighted by Crippen LogP contribution is -2.00. The first-order valence-corrected chi connectivity index (χ1v) is 6.77. The molecule has 0 saturated carbocycles. The minimum Gasteiger partial charge on any atom is -0.494 e. The van der Waals surface area contributed by atoms with Gasteiger partial charge in [0.15, 0.2) is 5.65 Å². The fourth-order valence-corrected chi connectivity index (χ4v) is 2.21. The highest BCUT2D eigenvalue weighted by Crippen LogP contribution is 2.22. The van der Waals surface area contributed by atoms with Crippen molar-refractivity contribution >= 4 is 27.9 Å². The Morgan fingerprint density at radius 2 is 2.14 bits per heavy atom. The number of ketones is 1. The molecule has 2 aromatic heterocycles. The molecule has 2 heterocycles. The number of hydrogen-bond donors (Lipinski definition) is 2. The molecule has 0 aliphatic carbocycles. The van der Waals surface area contributed by atoms with Gasteiger partial charge in [0.25, 0.3) is 0 Å². The first-order chi connectivity index (χ1) is 10.1. The van der Waals surface area contributed by atoms with Gasteiger partial charge in [-0.05, 0) is 37.6 Å². The predicted octanol–water partition coefficient (Wildman–Crippen LogP) is 2.15. The Balaban J connectivity index is 1.83. The molecule has 0 unspecified atom stereocenters. The minimum atomic E-state index is -0.270. The van der Waals surface area contributed by atoms with Gasteiger partial charge in [0, 0.05) is 11.8 Å². The molecule has 21 heavy (non-hydrogen) atoms. The highest BCUT2D eigenvalue weighted by Gasteiger charge is 2.04. The van der Waals surface area contributed by atoms with E-state index >= 15 is 0 Å². The minimum absolute atomic E-state index is 0.167. The summed E-state index contributed by atoms with van der Waals surface area (Å²) in [5, 5.41) is 0.891. The highest BCUT2D eigenvalue weighted by atomic mass is 16.5. The number of ether oxygens (including phenoxy) is 1. The van der Waals surface area contributed by atoms with Crippen LogP contribution in [0.2, 0.25) is 0 Å². The van der Waals surface area contributed by atoms with Crippen LogP contribution < -0.4 is 10.4 Å². The van der Waals surface area contributed by atoms with Gasteiger partial charge in [-0.1, -0.05) is 0 Å². The summed E-state index contributed by atoms with van der Waals surface area (Å²) in [6.07, 6.45) is 1.23. The Morgan fingerprint density at radius 1 is 1.29 bits per heavy atom. The van der Waals surface area contributed by atoms with E-state index < -0.39 is 0 Å². The number of carbonyl (C=O) groups is 1. The fraction of sp³-hybridized carbons (Fsp3) is 0.267. The zero-order valence-electron chi connectivity index (χ0n) is 11.6. The average molecular weight is 285 g/mol. The van der Waals surface area contributed by atoms with Crippen LogP contribution in [0.4, 0.5) is 0 Å². The standard InChI is InChI=1S/C15H15N3O3/c1-9(19)3-2-6-21-11-4-5-12-10(7-11)8-13-14(16-12)18-15(20)17-13/h4-5,7-8H,2-3,6H2,1H3,(H2,16,17,18,20). The lowest BCUT2D eigenvalue weighted by Gasteiger charge is -2.06. The van der Waals surface area contributed by atoms with Gasteiger partial charge in [0.1, 0.15) is 11.5 Å². The molecule has 108 valence electrons. The number of aromatic nitrogens is 3. The summed E-state index contributed by atoms with van der Waals surface area (Å²) in [5.41, 5.74) is 1.73. The number of imidazole rings is 1. The Bertz CT molecular complexity index is 863. The first-order valence-electron chi connectivity index (χ1n) is 6.77. The van der Waals surface area contributed by atoms with Gasteiger partial charge in [-0.2, -0.15) is 0 Å². The average Bonchev–Trinajstić information content (AvgIpc) is 2.79. The molecule has 0 saturated heterocycles. The van der Waals surface area contributed by atoms with Crippen molar-refractivity contribution in [1.82, 2.24) is 15.0 Å². The third-order valence-electron chi connectivity index (χ3n) is 3.21. The molecule has 0 amide bonds. The number of fused-ring (bicyclic) bond motifs is 2. The van der Waals surface area contributed by atoms with Gasteiger partial charge in [-0.15, -0.1) is 0 Å². The zero-order valence-corrected chi connectivity index (χ0v) is 11.6. The normalized spacial score (nSPS) is 11.1. The fourth-order valence-electron chi connectivity index (χ4n) is 2.21. The molecular formula is C15H15N3O3. The van der Waals surface area contributed by atoms with Crippen molar-refractivity contribution in [3.8, 4) is 5.75 Å². The van der Waals surface area contributed by atoms with E-state index in [4.69, 9.17) is 4.74 Å². The van der Waals surface area contributed by atoms with Gasteiger partial charge in [0.05, 0.1) is 17.6 Å². The Labute approximate surface area is 120 Å². The Morgan fingerprint density at radius 3 is 2.95 bits per heavy atom. The lowest BCUT2D eigenvalue weighted by molar-refractivity contribution is -0.117. The number of nitrogens with one attached hydrogen (secondary N) is 2. The molecule has 0 aliphatic heterocycles. The monoisotopic (exact) mass is 285 g/mol. The third-order valence-corrected chi connectivity index (χ3v) is 3.21. The quantitative estimate of drug-likeness (QED) is 0.703. The van der Waals surface area contributed by atoms with E-state index in [-0.39, 0.29) is 11.5 Å². The summed E-state index contributed by atoms with van der Waals surface area (Å²) >= 11 is 0. The molecule has 0 bridgehead atoms. The van der Waals surface area contributed by atoms with E-state index in [1.54, 1.807) is 6.92 Å². The number of rotatable bonds is 5. The van der Waals surface area contributed by atoms with Gasteiger partial charge in [-0.3, -0.25) is 4.98 Å². The summed E-state index contributed by atoms with van der Waals surface area (Å²) in [5.74, 6) is 0.894. The van der Waals surface area contributed by atoms with Gasteiger partial charge < -0.3 is 14.5 Å². The van der Waals surface area contributed by atoms with Gasteiger partial charge in [0.2, 0.25) is 0 Å². The van der Waals surface area contributed by atoms with Crippen LogP contribution >= 0.6 is 0 Å². The molecule has 0 aliphatic rings. The second-order valence-corrected chi connectivity index (χ2v) is 4.97. The van der Waals surface area contributed by atoms with Crippen LogP contribution in [-0.2, 0) is 4.79 Å². The second-order valence-electron chi connectivity index (χ2n) is 4.97. The topological polar surface area (TPSA) is 87.8 Å². The molecule has 3 aromatic rings. The highest BCUT2D eigenvalue weighted by molar-refractivity contribution is 5.89. The first kappa shape index (κ1) is 13.4. The van der Waals surface area contributed by atoms with Gasteiger partial charge in [-0.25, -0.2) is 9.78 Å². The molecule has 0 atom stereocenters. The van der Waals surface area contributed by atoms with Crippen LogP contribution in [0, 0.1) is 0 Å². The summed E-state index contributed by atoms with van der Waals surface area (Å²) in [6, 6.07) is 7.42. The smallest absolute Gasteiger partial charge is 0.325 e. The molecule has 2 N–H and O–H groups in total. The summed E-state index contributed by atoms with van der Waals surface area (Å²) in [7, 11) is 0. The summed E-state index contributed by atoms with van der Waals surface area (Å²) in [4.78, 5) is 31.8. The van der Waals surface area contributed by atoms with Crippen molar-refractivity contribution < 1.29 is 9.53 Å². The van der Waals surface area contributed by atoms with Crippen molar-refractivity contribution in [2.45, 2.75) is 19.8 Å². The van der Waals surface area contributed by atoms with Gasteiger partial charge >= 0.3 is 5.69 Å². The second kappa shape index (κ2) is 5.40. The molecule has 6 heteroatoms. The molecule has 6 nitrogen and oxygen atoms in total. The van der Waals surface area contributed by atoms with Crippen molar-refractivity contribution in [2.24, 2.45) is 0 Å². The maximum atomic E-state index is 11.3. The molecule has 1 aromatic carbocycles. The molecular weight excluding hydrogens is 270 g/mol. The van der Waals surface area contributed by atoms with E-state index in [1.165, 1.54) is 0 Å². The third kappa shape index (κ3) is 2.94. The number of aromatic amines is 2. The number of benzene rings is 1. The largest absolute Gasteiger partial charge is 0.494 e. The predicted molar refractivity (Wildman–Crippen MR) is 79.6 cm³/mol. The molecule has 0 radical (unpaired) electrons. The van der Waals surface area contributed by atoms with E-state index in [1.807, 2.05) is 24.3 Å². The molecule has 0 fully saturated rings. The van der Waals surface area contributed by atoms with Crippen molar-refractivity contribution in [2.75, 3.05) is 6.61 Å². The van der Waals surface area contributed by atoms with Crippen LogP contribution in [0.15, 0.2) is 29.1 Å². The van der Waals surface area contributed by atoms with Crippen molar-refractivity contribution in [1.29, 1.82) is 0 Å². The molecule has 0 spiro atoms. The van der Waals surface area contributed by atoms with Crippen LogP contribution in [0.25, 0.3) is 22.1 Å². The van der Waals surface area contributed by atoms with E-state index in [0.717, 1.165) is 16.7 Å². The van der Waals surface area contributed by atoms with Crippen LogP contribution in [-0.4, -0.2) is 27.3 Å². The van der Waals surface area contributed by atoms with E-state index in [9.17, 15) is 9.59 Å². The number of pyridine rings is 1. The van der Waals surface area contributed by atoms with Crippen LogP contribution in [0.1, 0.15) is 19.8 Å². The number of carbonyl (C=O) groups excluding carboxylic acids is 1. The van der Waals surface area contributed by atoms with Crippen LogP contribution in [0.5, 0.6) is 5.75 Å². The van der Waals surface area contributed by atoms with Crippen molar-refractivity contribution in [3.63, 3.8) is 0 Å². The van der Waals surface area contributed by atoms with E-state index in [2.05, 4.69) is 15.0 Å². The maximum Gasteiger partial charge on any atom is 0.325 e. The number of Topliss-reactive ketones (excluding diaryl/α,β-unsaturated/α-hetero) is 1. The van der Waals surface area contributed by atoms with Crippen molar-refractivity contribution in [3.05, 3.63) is 34.7 Å². The lowest BCUT2D eigenvalue weighted by atomic mass is 10.2. The number of hydrogen-bond acceptors (Lipinski definition) is 4. The Kier molecular flexibility index (Phi) is 3.43. The Hall–Kier alpha value is -2.63. The maximum absolute atomic E-state index is 11.3. The van der Waals surface area contributed by atoms with Crippen LogP contribution in [0.3, 0.4) is 0 Å².